The second kappa shape index (κ2) is 8.44. The summed E-state index contributed by atoms with van der Waals surface area (Å²) in [5.74, 6) is 1.55. The Morgan fingerprint density at radius 2 is 1.50 bits per heavy atom. The third kappa shape index (κ3) is 4.79. The van der Waals surface area contributed by atoms with Crippen LogP contribution < -0.4 is 15.4 Å². The molecule has 0 saturated carbocycles. The van der Waals surface area contributed by atoms with E-state index in [0.29, 0.717) is 23.1 Å². The van der Waals surface area contributed by atoms with Gasteiger partial charge in [0.15, 0.2) is 5.82 Å². The minimum Gasteiger partial charge on any atom is -0.438 e. The van der Waals surface area contributed by atoms with E-state index in [1.807, 2.05) is 50.4 Å². The highest BCUT2D eigenvalue weighted by Gasteiger charge is 2.06. The van der Waals surface area contributed by atoms with Gasteiger partial charge in [0, 0.05) is 23.6 Å². The normalized spacial score (nSPS) is 10.5. The third-order valence-electron chi connectivity index (χ3n) is 4.23. The number of ether oxygens (including phenoxy) is 1. The molecular weight excluding hydrogens is 380 g/mol. The van der Waals surface area contributed by atoms with Crippen molar-refractivity contribution in [2.45, 2.75) is 13.8 Å². The number of hydrogen-bond donors (Lipinski definition) is 2. The van der Waals surface area contributed by atoms with E-state index in [9.17, 15) is 4.79 Å². The fourth-order valence-electron chi connectivity index (χ4n) is 2.69. The first-order valence-corrected chi connectivity index (χ1v) is 9.34. The van der Waals surface area contributed by atoms with Gasteiger partial charge in [-0.3, -0.25) is 0 Å². The molecule has 0 aliphatic rings. The Hall–Kier alpha value is -4.20. The van der Waals surface area contributed by atoms with Crippen LogP contribution in [0.4, 0.5) is 16.2 Å². The van der Waals surface area contributed by atoms with E-state index in [2.05, 4.69) is 25.9 Å². The lowest BCUT2D eigenvalue weighted by molar-refractivity contribution is 0.262. The molecule has 0 fully saturated rings. The average Bonchev–Trinajstić information content (AvgIpc) is 3.18. The number of benzene rings is 2. The number of hydrogen-bond acceptors (Lipinski definition) is 5. The summed E-state index contributed by atoms with van der Waals surface area (Å²) in [6.45, 7) is 3.90. The number of carbonyl (C=O) groups is 1. The lowest BCUT2D eigenvalue weighted by Crippen LogP contribution is -2.19. The molecule has 150 valence electrons. The van der Waals surface area contributed by atoms with E-state index in [1.165, 1.54) is 0 Å². The maximum absolute atomic E-state index is 12.1. The van der Waals surface area contributed by atoms with Gasteiger partial charge in [-0.1, -0.05) is 17.7 Å². The minimum atomic E-state index is -0.317. The Balaban J connectivity index is 1.34. The first kappa shape index (κ1) is 19.1. The SMILES string of the molecule is Cc1ccc(NC(=O)Nc2ccc(Oc3ccc(-n4ccc(C)n4)nn3)cc2)cc1. The van der Waals surface area contributed by atoms with Crippen LogP contribution in [0.2, 0.25) is 0 Å². The predicted octanol–water partition coefficient (Wildman–Crippen LogP) is 4.72. The Bertz CT molecular complexity index is 1140. The Kier molecular flexibility index (Phi) is 5.38. The lowest BCUT2D eigenvalue weighted by atomic mass is 10.2. The predicted molar refractivity (Wildman–Crippen MR) is 114 cm³/mol. The van der Waals surface area contributed by atoms with Gasteiger partial charge in [-0.2, -0.15) is 5.10 Å². The molecule has 0 atom stereocenters. The molecule has 0 radical (unpaired) electrons. The molecule has 2 amide bonds. The van der Waals surface area contributed by atoms with Crippen molar-refractivity contribution in [2.24, 2.45) is 0 Å². The molecule has 0 spiro atoms. The minimum absolute atomic E-state index is 0.317. The van der Waals surface area contributed by atoms with E-state index in [0.717, 1.165) is 16.9 Å². The molecule has 30 heavy (non-hydrogen) atoms. The van der Waals surface area contributed by atoms with Crippen LogP contribution in [0.3, 0.4) is 0 Å². The van der Waals surface area contributed by atoms with Crippen LogP contribution in [-0.2, 0) is 0 Å². The summed E-state index contributed by atoms with van der Waals surface area (Å²) in [6.07, 6.45) is 1.82. The van der Waals surface area contributed by atoms with Gasteiger partial charge in [-0.15, -0.1) is 10.2 Å². The number of nitrogens with one attached hydrogen (secondary N) is 2. The smallest absolute Gasteiger partial charge is 0.323 e. The van der Waals surface area contributed by atoms with E-state index >= 15 is 0 Å². The van der Waals surface area contributed by atoms with Gasteiger partial charge in [0.05, 0.1) is 5.69 Å². The summed E-state index contributed by atoms with van der Waals surface area (Å²) in [7, 11) is 0. The number of nitrogens with zero attached hydrogens (tertiary/aromatic N) is 4. The Morgan fingerprint density at radius 3 is 2.07 bits per heavy atom. The molecule has 2 aromatic heterocycles. The quantitative estimate of drug-likeness (QED) is 0.506. The number of rotatable bonds is 5. The van der Waals surface area contributed by atoms with Crippen molar-refractivity contribution in [2.75, 3.05) is 10.6 Å². The standard InChI is InChI=1S/C22H20N6O2/c1-15-3-5-17(6-4-15)23-22(29)24-18-7-9-19(10-8-18)30-21-12-11-20(25-26-21)28-14-13-16(2)27-28/h3-14H,1-2H3,(H2,23,24,29). The fraction of sp³-hybridized carbons (Fsp3) is 0.0909. The van der Waals surface area contributed by atoms with E-state index in [1.54, 1.807) is 41.1 Å². The van der Waals surface area contributed by atoms with Gasteiger partial charge in [-0.25, -0.2) is 9.48 Å². The molecule has 0 aliphatic heterocycles. The molecular formula is C22H20N6O2. The van der Waals surface area contributed by atoms with Crippen LogP contribution in [0.15, 0.2) is 72.9 Å². The molecule has 2 aromatic carbocycles. The van der Waals surface area contributed by atoms with E-state index in [4.69, 9.17) is 4.74 Å². The second-order valence-electron chi connectivity index (χ2n) is 6.70. The summed E-state index contributed by atoms with van der Waals surface area (Å²) < 4.78 is 7.36. The molecule has 0 unspecified atom stereocenters. The van der Waals surface area contributed by atoms with Crippen LogP contribution in [0, 0.1) is 13.8 Å². The summed E-state index contributed by atoms with van der Waals surface area (Å²) in [5.41, 5.74) is 3.40. The monoisotopic (exact) mass is 400 g/mol. The van der Waals surface area contributed by atoms with Gasteiger partial charge >= 0.3 is 6.03 Å². The zero-order valence-corrected chi connectivity index (χ0v) is 16.5. The number of carbonyl (C=O) groups excluding carboxylic acids is 1. The number of urea groups is 1. The molecule has 0 aliphatic carbocycles. The van der Waals surface area contributed by atoms with Crippen LogP contribution in [0.5, 0.6) is 11.6 Å². The summed E-state index contributed by atoms with van der Waals surface area (Å²) in [6, 6.07) is 19.6. The summed E-state index contributed by atoms with van der Waals surface area (Å²) >= 11 is 0. The maximum Gasteiger partial charge on any atom is 0.323 e. The average molecular weight is 400 g/mol. The highest BCUT2D eigenvalue weighted by atomic mass is 16.5. The highest BCUT2D eigenvalue weighted by molar-refractivity contribution is 5.99. The van der Waals surface area contributed by atoms with Crippen molar-refractivity contribution < 1.29 is 9.53 Å². The van der Waals surface area contributed by atoms with Crippen molar-refractivity contribution in [1.82, 2.24) is 20.0 Å². The number of anilines is 2. The maximum atomic E-state index is 12.1. The first-order valence-electron chi connectivity index (χ1n) is 9.34. The van der Waals surface area contributed by atoms with Crippen molar-refractivity contribution in [3.8, 4) is 17.4 Å². The molecule has 4 rings (SSSR count). The molecule has 2 N–H and O–H groups in total. The van der Waals surface area contributed by atoms with Crippen LogP contribution in [0.1, 0.15) is 11.3 Å². The van der Waals surface area contributed by atoms with Crippen molar-refractivity contribution in [3.05, 3.63) is 84.2 Å². The third-order valence-corrected chi connectivity index (χ3v) is 4.23. The zero-order valence-electron chi connectivity index (χ0n) is 16.5. The van der Waals surface area contributed by atoms with Gasteiger partial charge in [-0.05, 0) is 62.4 Å². The second-order valence-corrected chi connectivity index (χ2v) is 6.70. The Labute approximate surface area is 173 Å². The Morgan fingerprint density at radius 1 is 0.833 bits per heavy atom. The van der Waals surface area contributed by atoms with Gasteiger partial charge in [0.1, 0.15) is 5.75 Å². The van der Waals surface area contributed by atoms with E-state index in [-0.39, 0.29) is 6.03 Å². The van der Waals surface area contributed by atoms with Crippen LogP contribution >= 0.6 is 0 Å². The number of amides is 2. The molecule has 2 heterocycles. The lowest BCUT2D eigenvalue weighted by Gasteiger charge is -2.09. The highest BCUT2D eigenvalue weighted by Crippen LogP contribution is 2.21. The van der Waals surface area contributed by atoms with Crippen molar-refractivity contribution in [1.29, 1.82) is 0 Å². The largest absolute Gasteiger partial charge is 0.438 e. The van der Waals surface area contributed by atoms with Gasteiger partial charge in [0.25, 0.3) is 0 Å². The molecule has 0 bridgehead atoms. The molecule has 4 aromatic rings. The van der Waals surface area contributed by atoms with E-state index < -0.39 is 0 Å². The van der Waals surface area contributed by atoms with Gasteiger partial charge in [0.2, 0.25) is 5.88 Å². The fourth-order valence-corrected chi connectivity index (χ4v) is 2.69. The summed E-state index contributed by atoms with van der Waals surface area (Å²) in [5, 5.41) is 18.0. The van der Waals surface area contributed by atoms with Crippen molar-refractivity contribution in [3.63, 3.8) is 0 Å². The summed E-state index contributed by atoms with van der Waals surface area (Å²) in [4.78, 5) is 12.1. The first-order chi connectivity index (χ1) is 14.5. The van der Waals surface area contributed by atoms with Crippen LogP contribution in [0.25, 0.3) is 5.82 Å². The number of aromatic nitrogens is 4. The zero-order chi connectivity index (χ0) is 20.9. The molecule has 8 heteroatoms. The topological polar surface area (TPSA) is 94.0 Å². The van der Waals surface area contributed by atoms with Crippen molar-refractivity contribution >= 4 is 17.4 Å². The van der Waals surface area contributed by atoms with Crippen LogP contribution in [-0.4, -0.2) is 26.0 Å². The molecule has 8 nitrogen and oxygen atoms in total. The molecule has 0 saturated heterocycles. The van der Waals surface area contributed by atoms with Gasteiger partial charge < -0.3 is 15.4 Å². The number of aryl methyl sites for hydroxylation is 2.